The molecular formula is C13H19NO3. The first-order valence-electron chi connectivity index (χ1n) is 5.70. The van der Waals surface area contributed by atoms with Crippen molar-refractivity contribution < 1.29 is 14.3 Å². The summed E-state index contributed by atoms with van der Waals surface area (Å²) in [5, 5.41) is 0. The average molecular weight is 237 g/mol. The Kier molecular flexibility index (Phi) is 5.49. The smallest absolute Gasteiger partial charge is 0.310 e. The molecule has 0 amide bonds. The van der Waals surface area contributed by atoms with E-state index in [1.165, 1.54) is 0 Å². The molecule has 1 atom stereocenters. The van der Waals surface area contributed by atoms with Crippen LogP contribution >= 0.6 is 0 Å². The molecule has 0 heterocycles. The van der Waals surface area contributed by atoms with Gasteiger partial charge in [-0.3, -0.25) is 4.79 Å². The minimum Gasteiger partial charge on any atom is -0.497 e. The Labute approximate surface area is 102 Å². The highest BCUT2D eigenvalue weighted by molar-refractivity contribution is 5.72. The average Bonchev–Trinajstić information content (AvgIpc) is 2.38. The van der Waals surface area contributed by atoms with Gasteiger partial charge in [0.25, 0.3) is 0 Å². The first-order valence-corrected chi connectivity index (χ1v) is 5.70. The first kappa shape index (κ1) is 13.5. The fraction of sp³-hybridized carbons (Fsp3) is 0.462. The summed E-state index contributed by atoms with van der Waals surface area (Å²) in [6.07, 6.45) is 0.706. The van der Waals surface area contributed by atoms with Crippen molar-refractivity contribution in [1.29, 1.82) is 0 Å². The number of carbonyl (C=O) groups excluding carboxylic acids is 1. The molecule has 0 saturated carbocycles. The summed E-state index contributed by atoms with van der Waals surface area (Å²) in [5.41, 5.74) is 6.41. The number of hydrogen-bond donors (Lipinski definition) is 1. The van der Waals surface area contributed by atoms with E-state index in [0.717, 1.165) is 11.3 Å². The highest BCUT2D eigenvalue weighted by atomic mass is 16.5. The zero-order valence-electron chi connectivity index (χ0n) is 10.3. The summed E-state index contributed by atoms with van der Waals surface area (Å²) in [4.78, 5) is 11.6. The monoisotopic (exact) mass is 237 g/mol. The molecule has 17 heavy (non-hydrogen) atoms. The number of esters is 1. The maximum absolute atomic E-state index is 11.6. The number of ether oxygens (including phenoxy) is 2. The lowest BCUT2D eigenvalue weighted by atomic mass is 10.1. The predicted octanol–water partition coefficient (Wildman–Crippen LogP) is 1.72. The lowest BCUT2D eigenvalue weighted by Gasteiger charge is -2.11. The van der Waals surface area contributed by atoms with Crippen LogP contribution in [-0.4, -0.2) is 19.6 Å². The summed E-state index contributed by atoms with van der Waals surface area (Å²) in [6, 6.07) is 7.41. The van der Waals surface area contributed by atoms with Gasteiger partial charge in [-0.15, -0.1) is 0 Å². The Morgan fingerprint density at radius 1 is 1.35 bits per heavy atom. The SMILES string of the molecule is CCC(CN)C(=O)OCc1ccc(OC)cc1. The minimum atomic E-state index is -0.231. The Bertz CT molecular complexity index is 344. The van der Waals surface area contributed by atoms with Crippen LogP contribution in [0.15, 0.2) is 24.3 Å². The lowest BCUT2D eigenvalue weighted by Crippen LogP contribution is -2.24. The predicted molar refractivity (Wildman–Crippen MR) is 65.6 cm³/mol. The van der Waals surface area contributed by atoms with Gasteiger partial charge in [-0.2, -0.15) is 0 Å². The highest BCUT2D eigenvalue weighted by Crippen LogP contribution is 2.13. The van der Waals surface area contributed by atoms with Crippen LogP contribution in [0.3, 0.4) is 0 Å². The third kappa shape index (κ3) is 4.07. The fourth-order valence-corrected chi connectivity index (χ4v) is 1.42. The molecule has 2 N–H and O–H groups in total. The molecule has 0 aliphatic rings. The van der Waals surface area contributed by atoms with E-state index in [2.05, 4.69) is 0 Å². The molecule has 1 aromatic carbocycles. The van der Waals surface area contributed by atoms with E-state index >= 15 is 0 Å². The van der Waals surface area contributed by atoms with Crippen molar-refractivity contribution in [3.8, 4) is 5.75 Å². The van der Waals surface area contributed by atoms with Crippen LogP contribution in [0.25, 0.3) is 0 Å². The van der Waals surface area contributed by atoms with Crippen molar-refractivity contribution in [2.75, 3.05) is 13.7 Å². The van der Waals surface area contributed by atoms with Gasteiger partial charge in [-0.25, -0.2) is 0 Å². The number of benzene rings is 1. The van der Waals surface area contributed by atoms with Gasteiger partial charge in [0.2, 0.25) is 0 Å². The van der Waals surface area contributed by atoms with E-state index in [-0.39, 0.29) is 18.5 Å². The number of hydrogen-bond acceptors (Lipinski definition) is 4. The van der Waals surface area contributed by atoms with Crippen molar-refractivity contribution in [1.82, 2.24) is 0 Å². The molecule has 0 aliphatic carbocycles. The summed E-state index contributed by atoms with van der Waals surface area (Å²) in [5.74, 6) is 0.354. The number of methoxy groups -OCH3 is 1. The molecule has 0 radical (unpaired) electrons. The van der Waals surface area contributed by atoms with Crippen LogP contribution in [0.4, 0.5) is 0 Å². The third-order valence-corrected chi connectivity index (χ3v) is 2.65. The summed E-state index contributed by atoms with van der Waals surface area (Å²) in [7, 11) is 1.61. The van der Waals surface area contributed by atoms with E-state index in [0.29, 0.717) is 13.0 Å². The molecule has 1 aromatic rings. The molecule has 94 valence electrons. The largest absolute Gasteiger partial charge is 0.497 e. The Balaban J connectivity index is 2.46. The molecule has 0 saturated heterocycles. The Hall–Kier alpha value is -1.55. The van der Waals surface area contributed by atoms with Gasteiger partial charge in [0.1, 0.15) is 12.4 Å². The molecule has 0 fully saturated rings. The molecule has 0 spiro atoms. The van der Waals surface area contributed by atoms with Gasteiger partial charge in [0, 0.05) is 6.54 Å². The Morgan fingerprint density at radius 2 is 2.00 bits per heavy atom. The van der Waals surface area contributed by atoms with Gasteiger partial charge < -0.3 is 15.2 Å². The van der Waals surface area contributed by atoms with Crippen LogP contribution in [-0.2, 0) is 16.1 Å². The molecule has 4 nitrogen and oxygen atoms in total. The summed E-state index contributed by atoms with van der Waals surface area (Å²) < 4.78 is 10.2. The molecule has 4 heteroatoms. The molecule has 1 unspecified atom stereocenters. The highest BCUT2D eigenvalue weighted by Gasteiger charge is 2.15. The van der Waals surface area contributed by atoms with E-state index < -0.39 is 0 Å². The van der Waals surface area contributed by atoms with E-state index in [4.69, 9.17) is 15.2 Å². The quantitative estimate of drug-likeness (QED) is 0.765. The zero-order valence-corrected chi connectivity index (χ0v) is 10.3. The van der Waals surface area contributed by atoms with Crippen LogP contribution in [0.5, 0.6) is 5.75 Å². The van der Waals surface area contributed by atoms with E-state index in [1.807, 2.05) is 31.2 Å². The minimum absolute atomic E-state index is 0.201. The van der Waals surface area contributed by atoms with E-state index in [9.17, 15) is 4.79 Å². The maximum atomic E-state index is 11.6. The van der Waals surface area contributed by atoms with Gasteiger partial charge in [0.15, 0.2) is 0 Å². The second-order valence-corrected chi connectivity index (χ2v) is 3.80. The molecule has 0 aromatic heterocycles. The second-order valence-electron chi connectivity index (χ2n) is 3.80. The number of carbonyl (C=O) groups is 1. The van der Waals surface area contributed by atoms with Crippen LogP contribution in [0.2, 0.25) is 0 Å². The van der Waals surface area contributed by atoms with Gasteiger partial charge >= 0.3 is 5.97 Å². The van der Waals surface area contributed by atoms with Crippen LogP contribution < -0.4 is 10.5 Å². The third-order valence-electron chi connectivity index (χ3n) is 2.65. The first-order chi connectivity index (χ1) is 8.21. The normalized spacial score (nSPS) is 11.9. The van der Waals surface area contributed by atoms with Crippen molar-refractivity contribution in [2.45, 2.75) is 20.0 Å². The van der Waals surface area contributed by atoms with Crippen molar-refractivity contribution in [3.63, 3.8) is 0 Å². The number of rotatable bonds is 6. The van der Waals surface area contributed by atoms with Gasteiger partial charge in [-0.1, -0.05) is 19.1 Å². The molecule has 0 aliphatic heterocycles. The standard InChI is InChI=1S/C13H19NO3/c1-3-11(8-14)13(15)17-9-10-4-6-12(16-2)7-5-10/h4-7,11H,3,8-9,14H2,1-2H3. The molecule has 1 rings (SSSR count). The lowest BCUT2D eigenvalue weighted by molar-refractivity contribution is -0.149. The number of nitrogens with two attached hydrogens (primary N) is 1. The fourth-order valence-electron chi connectivity index (χ4n) is 1.42. The molecular weight excluding hydrogens is 218 g/mol. The summed E-state index contributed by atoms with van der Waals surface area (Å²) >= 11 is 0. The van der Waals surface area contributed by atoms with E-state index in [1.54, 1.807) is 7.11 Å². The Morgan fingerprint density at radius 3 is 2.47 bits per heavy atom. The van der Waals surface area contributed by atoms with Crippen molar-refractivity contribution >= 4 is 5.97 Å². The van der Waals surface area contributed by atoms with Crippen molar-refractivity contribution in [3.05, 3.63) is 29.8 Å². The summed E-state index contributed by atoms with van der Waals surface area (Å²) in [6.45, 7) is 2.53. The maximum Gasteiger partial charge on any atom is 0.310 e. The van der Waals surface area contributed by atoms with Crippen LogP contribution in [0.1, 0.15) is 18.9 Å². The van der Waals surface area contributed by atoms with Gasteiger partial charge in [-0.05, 0) is 24.1 Å². The van der Waals surface area contributed by atoms with Crippen LogP contribution in [0, 0.1) is 5.92 Å². The van der Waals surface area contributed by atoms with Gasteiger partial charge in [0.05, 0.1) is 13.0 Å². The topological polar surface area (TPSA) is 61.6 Å². The zero-order chi connectivity index (χ0) is 12.7. The second kappa shape index (κ2) is 6.91. The van der Waals surface area contributed by atoms with Crippen molar-refractivity contribution in [2.24, 2.45) is 11.7 Å². The molecule has 0 bridgehead atoms.